The third-order valence-corrected chi connectivity index (χ3v) is 5.19. The zero-order chi connectivity index (χ0) is 13.2. The van der Waals surface area contributed by atoms with Gasteiger partial charge in [0.25, 0.3) is 0 Å². The van der Waals surface area contributed by atoms with E-state index in [0.717, 1.165) is 24.5 Å². The topological polar surface area (TPSA) is 29.3 Å². The Morgan fingerprint density at radius 1 is 1.16 bits per heavy atom. The standard InChI is InChI=1S/C17H26N2/c1-13(15-5-3-2-4-6-15)19-16-7-8-17(19)12-14(11-16)9-10-18/h2-6,13-14,16-17H,7-12,18H2,1H3. The molecule has 0 spiro atoms. The van der Waals surface area contributed by atoms with E-state index in [1.54, 1.807) is 0 Å². The van der Waals surface area contributed by atoms with Crippen molar-refractivity contribution < 1.29 is 0 Å². The fourth-order valence-electron chi connectivity index (χ4n) is 4.33. The lowest BCUT2D eigenvalue weighted by Gasteiger charge is -2.42. The number of hydrogen-bond donors (Lipinski definition) is 1. The molecule has 2 bridgehead atoms. The molecule has 2 fully saturated rings. The Labute approximate surface area is 117 Å². The molecule has 1 aromatic carbocycles. The highest BCUT2D eigenvalue weighted by molar-refractivity contribution is 5.19. The van der Waals surface area contributed by atoms with E-state index >= 15 is 0 Å². The number of piperidine rings is 1. The maximum atomic E-state index is 5.74. The van der Waals surface area contributed by atoms with Crippen molar-refractivity contribution in [2.75, 3.05) is 6.54 Å². The van der Waals surface area contributed by atoms with E-state index in [1.807, 2.05) is 0 Å². The largest absolute Gasteiger partial charge is 0.330 e. The third kappa shape index (κ3) is 2.56. The Morgan fingerprint density at radius 3 is 2.37 bits per heavy atom. The van der Waals surface area contributed by atoms with E-state index in [1.165, 1.54) is 37.7 Å². The van der Waals surface area contributed by atoms with Crippen LogP contribution in [0.25, 0.3) is 0 Å². The van der Waals surface area contributed by atoms with Crippen LogP contribution in [0.2, 0.25) is 0 Å². The first-order valence-corrected chi connectivity index (χ1v) is 7.82. The minimum absolute atomic E-state index is 0.567. The number of rotatable bonds is 4. The summed E-state index contributed by atoms with van der Waals surface area (Å²) in [4.78, 5) is 2.79. The van der Waals surface area contributed by atoms with Gasteiger partial charge in [0.15, 0.2) is 0 Å². The van der Waals surface area contributed by atoms with Crippen molar-refractivity contribution in [3.8, 4) is 0 Å². The highest BCUT2D eigenvalue weighted by Crippen LogP contribution is 2.44. The zero-order valence-electron chi connectivity index (χ0n) is 12.0. The second kappa shape index (κ2) is 5.64. The molecule has 3 rings (SSSR count). The molecule has 19 heavy (non-hydrogen) atoms. The second-order valence-electron chi connectivity index (χ2n) is 6.33. The SMILES string of the molecule is CC(c1ccccc1)N1C2CCC1CC(CCN)C2. The molecule has 2 heterocycles. The first kappa shape index (κ1) is 13.1. The molecule has 104 valence electrons. The molecular formula is C17H26N2. The van der Waals surface area contributed by atoms with Gasteiger partial charge < -0.3 is 5.73 Å². The van der Waals surface area contributed by atoms with Gasteiger partial charge in [-0.3, -0.25) is 4.90 Å². The molecular weight excluding hydrogens is 232 g/mol. The van der Waals surface area contributed by atoms with Crippen molar-refractivity contribution >= 4 is 0 Å². The van der Waals surface area contributed by atoms with Gasteiger partial charge in [0.1, 0.15) is 0 Å². The molecule has 0 aromatic heterocycles. The fourth-order valence-corrected chi connectivity index (χ4v) is 4.33. The molecule has 3 unspecified atom stereocenters. The van der Waals surface area contributed by atoms with Crippen LogP contribution in [-0.2, 0) is 0 Å². The Morgan fingerprint density at radius 2 is 1.79 bits per heavy atom. The molecule has 0 amide bonds. The van der Waals surface area contributed by atoms with Crippen LogP contribution >= 0.6 is 0 Å². The van der Waals surface area contributed by atoms with Crippen LogP contribution < -0.4 is 5.73 Å². The molecule has 0 saturated carbocycles. The van der Waals surface area contributed by atoms with E-state index in [2.05, 4.69) is 42.2 Å². The second-order valence-corrected chi connectivity index (χ2v) is 6.33. The van der Waals surface area contributed by atoms with Gasteiger partial charge in [-0.1, -0.05) is 30.3 Å². The van der Waals surface area contributed by atoms with Gasteiger partial charge in [-0.15, -0.1) is 0 Å². The van der Waals surface area contributed by atoms with Crippen molar-refractivity contribution in [3.63, 3.8) is 0 Å². The zero-order valence-corrected chi connectivity index (χ0v) is 12.0. The number of nitrogens with two attached hydrogens (primary N) is 1. The fraction of sp³-hybridized carbons (Fsp3) is 0.647. The van der Waals surface area contributed by atoms with Crippen molar-refractivity contribution in [3.05, 3.63) is 35.9 Å². The summed E-state index contributed by atoms with van der Waals surface area (Å²) in [7, 11) is 0. The molecule has 2 aliphatic rings. The van der Waals surface area contributed by atoms with Gasteiger partial charge in [-0.05, 0) is 57.1 Å². The summed E-state index contributed by atoms with van der Waals surface area (Å²) in [6.45, 7) is 3.24. The Kier molecular flexibility index (Phi) is 3.90. The first-order chi connectivity index (χ1) is 9.29. The summed E-state index contributed by atoms with van der Waals surface area (Å²) in [5.74, 6) is 0.877. The van der Waals surface area contributed by atoms with Crippen LogP contribution in [0.4, 0.5) is 0 Å². The Balaban J connectivity index is 1.73. The average molecular weight is 258 g/mol. The van der Waals surface area contributed by atoms with E-state index in [9.17, 15) is 0 Å². The van der Waals surface area contributed by atoms with E-state index in [4.69, 9.17) is 5.73 Å². The molecule has 1 aromatic rings. The molecule has 0 radical (unpaired) electrons. The molecule has 2 saturated heterocycles. The summed E-state index contributed by atoms with van der Waals surface area (Å²) >= 11 is 0. The molecule has 0 aliphatic carbocycles. The lowest BCUT2D eigenvalue weighted by atomic mass is 9.86. The van der Waals surface area contributed by atoms with Gasteiger partial charge in [-0.2, -0.15) is 0 Å². The van der Waals surface area contributed by atoms with Crippen LogP contribution in [0.1, 0.15) is 50.6 Å². The minimum Gasteiger partial charge on any atom is -0.330 e. The van der Waals surface area contributed by atoms with E-state index in [0.29, 0.717) is 6.04 Å². The summed E-state index contributed by atoms with van der Waals surface area (Å²) in [5.41, 5.74) is 7.21. The van der Waals surface area contributed by atoms with Gasteiger partial charge in [0, 0.05) is 18.1 Å². The van der Waals surface area contributed by atoms with Crippen LogP contribution in [0.15, 0.2) is 30.3 Å². The number of nitrogens with zero attached hydrogens (tertiary/aromatic N) is 1. The van der Waals surface area contributed by atoms with Crippen molar-refractivity contribution in [1.82, 2.24) is 4.90 Å². The summed E-state index contributed by atoms with van der Waals surface area (Å²) in [6.07, 6.45) is 6.74. The summed E-state index contributed by atoms with van der Waals surface area (Å²) in [5, 5.41) is 0. The molecule has 3 atom stereocenters. The molecule has 2 heteroatoms. The maximum absolute atomic E-state index is 5.74. The smallest absolute Gasteiger partial charge is 0.0325 e. The van der Waals surface area contributed by atoms with Crippen LogP contribution in [-0.4, -0.2) is 23.5 Å². The van der Waals surface area contributed by atoms with Crippen molar-refractivity contribution in [2.24, 2.45) is 11.7 Å². The van der Waals surface area contributed by atoms with Gasteiger partial charge in [0.2, 0.25) is 0 Å². The van der Waals surface area contributed by atoms with E-state index in [-0.39, 0.29) is 0 Å². The van der Waals surface area contributed by atoms with E-state index < -0.39 is 0 Å². The lowest BCUT2D eigenvalue weighted by molar-refractivity contribution is 0.0640. The maximum Gasteiger partial charge on any atom is 0.0325 e. The average Bonchev–Trinajstić information content (AvgIpc) is 2.71. The monoisotopic (exact) mass is 258 g/mol. The highest BCUT2D eigenvalue weighted by Gasteiger charge is 2.42. The number of hydrogen-bond acceptors (Lipinski definition) is 2. The van der Waals surface area contributed by atoms with Gasteiger partial charge >= 0.3 is 0 Å². The van der Waals surface area contributed by atoms with Crippen LogP contribution in [0.3, 0.4) is 0 Å². The summed E-state index contributed by atoms with van der Waals surface area (Å²) < 4.78 is 0. The molecule has 2 nitrogen and oxygen atoms in total. The van der Waals surface area contributed by atoms with Gasteiger partial charge in [0.05, 0.1) is 0 Å². The van der Waals surface area contributed by atoms with Crippen LogP contribution in [0, 0.1) is 5.92 Å². The summed E-state index contributed by atoms with van der Waals surface area (Å²) in [6, 6.07) is 13.1. The number of fused-ring (bicyclic) bond motifs is 2. The van der Waals surface area contributed by atoms with Gasteiger partial charge in [-0.25, -0.2) is 0 Å². The molecule has 2 N–H and O–H groups in total. The Hall–Kier alpha value is -0.860. The van der Waals surface area contributed by atoms with Crippen LogP contribution in [0.5, 0.6) is 0 Å². The minimum atomic E-state index is 0.567. The normalized spacial score (nSPS) is 32.4. The number of benzene rings is 1. The first-order valence-electron chi connectivity index (χ1n) is 7.82. The molecule has 2 aliphatic heterocycles. The predicted octanol–water partition coefficient (Wildman–Crippen LogP) is 3.34. The Bertz CT molecular complexity index is 389. The quantitative estimate of drug-likeness (QED) is 0.897. The third-order valence-electron chi connectivity index (χ3n) is 5.19. The lowest BCUT2D eigenvalue weighted by Crippen LogP contribution is -2.44. The predicted molar refractivity (Wildman–Crippen MR) is 79.9 cm³/mol. The van der Waals surface area contributed by atoms with Crippen molar-refractivity contribution in [1.29, 1.82) is 0 Å². The highest BCUT2D eigenvalue weighted by atomic mass is 15.2. The van der Waals surface area contributed by atoms with Crippen molar-refractivity contribution in [2.45, 2.75) is 57.2 Å².